The van der Waals surface area contributed by atoms with Gasteiger partial charge in [-0.15, -0.1) is 6.58 Å². The van der Waals surface area contributed by atoms with Gasteiger partial charge in [-0.05, 0) is 5.56 Å². The Kier molecular flexibility index (Phi) is 3.89. The molecule has 3 rings (SSSR count). The van der Waals surface area contributed by atoms with Gasteiger partial charge in [-0.25, -0.2) is 0 Å². The van der Waals surface area contributed by atoms with Gasteiger partial charge in [0.2, 0.25) is 0 Å². The number of rotatable bonds is 8. The minimum atomic E-state index is -0.474. The first-order valence-electron chi connectivity index (χ1n) is 7.09. The quantitative estimate of drug-likeness (QED) is 0.449. The summed E-state index contributed by atoms with van der Waals surface area (Å²) in [6.07, 6.45) is 3.84. The van der Waals surface area contributed by atoms with Crippen LogP contribution in [-0.4, -0.2) is 41.2 Å². The number of hydrogen-bond acceptors (Lipinski definition) is 4. The molecule has 108 valence electrons. The summed E-state index contributed by atoms with van der Waals surface area (Å²) < 4.78 is 10.7. The maximum atomic E-state index is 10.6. The lowest BCUT2D eigenvalue weighted by Crippen LogP contribution is -2.47. The molecule has 2 fully saturated rings. The Morgan fingerprint density at radius 1 is 1.20 bits per heavy atom. The van der Waals surface area contributed by atoms with Crippen LogP contribution in [0.15, 0.2) is 43.0 Å². The molecule has 1 aromatic carbocycles. The van der Waals surface area contributed by atoms with E-state index in [1.165, 1.54) is 5.06 Å². The molecule has 2 aliphatic rings. The molecule has 0 aliphatic carbocycles. The van der Waals surface area contributed by atoms with Crippen LogP contribution in [0.2, 0.25) is 0 Å². The van der Waals surface area contributed by atoms with Crippen molar-refractivity contribution in [2.45, 2.75) is 37.1 Å². The zero-order chi connectivity index (χ0) is 14.0. The summed E-state index contributed by atoms with van der Waals surface area (Å²) in [5, 5.41) is 12.0. The average molecular weight is 275 g/mol. The molecule has 2 saturated heterocycles. The molecule has 2 aliphatic heterocycles. The van der Waals surface area contributed by atoms with E-state index in [1.54, 1.807) is 0 Å². The van der Waals surface area contributed by atoms with Gasteiger partial charge < -0.3 is 14.7 Å². The Balaban J connectivity index is 1.73. The number of nitrogens with zero attached hydrogens (tertiary/aromatic N) is 1. The third-order valence-electron chi connectivity index (χ3n) is 4.04. The number of benzene rings is 1. The first-order chi connectivity index (χ1) is 9.72. The van der Waals surface area contributed by atoms with Crippen LogP contribution in [0.4, 0.5) is 0 Å². The Labute approximate surface area is 119 Å². The Morgan fingerprint density at radius 2 is 1.75 bits per heavy atom. The predicted molar refractivity (Wildman–Crippen MR) is 75.4 cm³/mol. The third-order valence-corrected chi connectivity index (χ3v) is 4.04. The molecule has 20 heavy (non-hydrogen) atoms. The summed E-state index contributed by atoms with van der Waals surface area (Å²) in [4.78, 5) is 0. The second kappa shape index (κ2) is 5.66. The highest BCUT2D eigenvalue weighted by atomic mass is 16.6. The molecule has 0 spiro atoms. The second-order valence-electron chi connectivity index (χ2n) is 5.67. The van der Waals surface area contributed by atoms with Gasteiger partial charge in [-0.3, -0.25) is 0 Å². The zero-order valence-corrected chi connectivity index (χ0v) is 11.6. The molecule has 1 N–H and O–H groups in total. The Bertz CT molecular complexity index is 440. The second-order valence-corrected chi connectivity index (χ2v) is 5.67. The van der Waals surface area contributed by atoms with Crippen molar-refractivity contribution in [1.82, 2.24) is 5.06 Å². The molecular formula is C16H21NO3. The van der Waals surface area contributed by atoms with Gasteiger partial charge in [0.05, 0.1) is 31.0 Å². The lowest BCUT2D eigenvalue weighted by atomic mass is 9.87. The van der Waals surface area contributed by atoms with E-state index >= 15 is 0 Å². The summed E-state index contributed by atoms with van der Waals surface area (Å²) in [7, 11) is 0. The van der Waals surface area contributed by atoms with E-state index in [9.17, 15) is 5.21 Å². The van der Waals surface area contributed by atoms with Crippen molar-refractivity contribution in [3.63, 3.8) is 0 Å². The number of ether oxygens (including phenoxy) is 2. The van der Waals surface area contributed by atoms with Crippen LogP contribution in [0.3, 0.4) is 0 Å². The standard InChI is InChI=1S/C16H21NO3/c1-2-16(8-14-11-19-14,9-15-12-20-15)17(18)10-13-6-4-3-5-7-13/h2-7,14-15,18H,1,8-12H2. The number of hydrogen-bond donors (Lipinski definition) is 1. The number of hydroxylamine groups is 2. The fourth-order valence-electron chi connectivity index (χ4n) is 2.64. The van der Waals surface area contributed by atoms with E-state index in [1.807, 2.05) is 36.4 Å². The summed E-state index contributed by atoms with van der Waals surface area (Å²) in [6, 6.07) is 9.96. The zero-order valence-electron chi connectivity index (χ0n) is 11.6. The van der Waals surface area contributed by atoms with Gasteiger partial charge in [0.1, 0.15) is 0 Å². The minimum absolute atomic E-state index is 0.233. The van der Waals surface area contributed by atoms with Gasteiger partial charge in [-0.1, -0.05) is 36.4 Å². The highest BCUT2D eigenvalue weighted by Gasteiger charge is 2.44. The normalized spacial score (nSPS) is 27.1. The van der Waals surface area contributed by atoms with E-state index in [0.29, 0.717) is 6.54 Å². The molecule has 2 heterocycles. The van der Waals surface area contributed by atoms with E-state index in [2.05, 4.69) is 6.58 Å². The monoisotopic (exact) mass is 275 g/mol. The lowest BCUT2D eigenvalue weighted by Gasteiger charge is -2.37. The van der Waals surface area contributed by atoms with Gasteiger partial charge in [-0.2, -0.15) is 5.06 Å². The van der Waals surface area contributed by atoms with E-state index in [-0.39, 0.29) is 12.2 Å². The Morgan fingerprint density at radius 3 is 2.20 bits per heavy atom. The molecule has 2 unspecified atom stereocenters. The molecule has 0 amide bonds. The highest BCUT2D eigenvalue weighted by Crippen LogP contribution is 2.36. The van der Waals surface area contributed by atoms with Crippen molar-refractivity contribution in [3.05, 3.63) is 48.6 Å². The van der Waals surface area contributed by atoms with Gasteiger partial charge in [0, 0.05) is 19.4 Å². The van der Waals surface area contributed by atoms with Crippen LogP contribution in [0.25, 0.3) is 0 Å². The van der Waals surface area contributed by atoms with Crippen molar-refractivity contribution in [3.8, 4) is 0 Å². The lowest BCUT2D eigenvalue weighted by molar-refractivity contribution is -0.172. The molecule has 1 aromatic rings. The summed E-state index contributed by atoms with van der Waals surface area (Å²) in [5.74, 6) is 0. The van der Waals surface area contributed by atoms with Gasteiger partial charge in [0.25, 0.3) is 0 Å². The molecule has 0 bridgehead atoms. The fraction of sp³-hybridized carbons (Fsp3) is 0.500. The topological polar surface area (TPSA) is 48.5 Å². The summed E-state index contributed by atoms with van der Waals surface area (Å²) in [6.45, 7) is 5.98. The maximum absolute atomic E-state index is 10.6. The summed E-state index contributed by atoms with van der Waals surface area (Å²) in [5.41, 5.74) is 0.604. The van der Waals surface area contributed by atoms with Gasteiger partial charge in [0.15, 0.2) is 0 Å². The fourth-order valence-corrected chi connectivity index (χ4v) is 2.64. The molecular weight excluding hydrogens is 254 g/mol. The average Bonchev–Trinajstić information content (AvgIpc) is 3.35. The molecule has 0 radical (unpaired) electrons. The van der Waals surface area contributed by atoms with Crippen molar-refractivity contribution in [2.24, 2.45) is 0 Å². The molecule has 0 aromatic heterocycles. The SMILES string of the molecule is C=CC(CC1CO1)(CC1CO1)N(O)Cc1ccccc1. The van der Waals surface area contributed by atoms with Gasteiger partial charge >= 0.3 is 0 Å². The van der Waals surface area contributed by atoms with E-state index in [0.717, 1.165) is 31.6 Å². The van der Waals surface area contributed by atoms with E-state index < -0.39 is 5.54 Å². The van der Waals surface area contributed by atoms with Crippen LogP contribution in [0.1, 0.15) is 18.4 Å². The van der Waals surface area contributed by atoms with Crippen LogP contribution in [-0.2, 0) is 16.0 Å². The van der Waals surface area contributed by atoms with Crippen LogP contribution < -0.4 is 0 Å². The largest absolute Gasteiger partial charge is 0.373 e. The summed E-state index contributed by atoms with van der Waals surface area (Å²) >= 11 is 0. The van der Waals surface area contributed by atoms with Crippen molar-refractivity contribution >= 4 is 0 Å². The third kappa shape index (κ3) is 3.27. The van der Waals surface area contributed by atoms with Crippen LogP contribution in [0.5, 0.6) is 0 Å². The first-order valence-corrected chi connectivity index (χ1v) is 7.09. The van der Waals surface area contributed by atoms with E-state index in [4.69, 9.17) is 9.47 Å². The predicted octanol–water partition coefficient (Wildman–Crippen LogP) is 2.38. The minimum Gasteiger partial charge on any atom is -0.373 e. The smallest absolute Gasteiger partial charge is 0.0831 e. The Hall–Kier alpha value is -1.20. The molecule has 4 nitrogen and oxygen atoms in total. The first kappa shape index (κ1) is 13.8. The molecule has 2 atom stereocenters. The highest BCUT2D eigenvalue weighted by molar-refractivity contribution is 5.16. The van der Waals surface area contributed by atoms with Crippen LogP contribution in [0, 0.1) is 0 Å². The van der Waals surface area contributed by atoms with Crippen molar-refractivity contribution < 1.29 is 14.7 Å². The van der Waals surface area contributed by atoms with Crippen molar-refractivity contribution in [2.75, 3.05) is 13.2 Å². The maximum Gasteiger partial charge on any atom is 0.0831 e. The molecule has 0 saturated carbocycles. The van der Waals surface area contributed by atoms with Crippen LogP contribution >= 0.6 is 0 Å². The van der Waals surface area contributed by atoms with Crippen molar-refractivity contribution in [1.29, 1.82) is 0 Å². The molecule has 4 heteroatoms. The number of epoxide rings is 2.